The van der Waals surface area contributed by atoms with Crippen LogP contribution < -0.4 is 15.8 Å². The summed E-state index contributed by atoms with van der Waals surface area (Å²) in [5, 5.41) is 2.84. The number of benzene rings is 1. The van der Waals surface area contributed by atoms with Crippen molar-refractivity contribution in [2.24, 2.45) is 0 Å². The number of nitrogens with two attached hydrogens (primary N) is 1. The third kappa shape index (κ3) is 6.43. The molecule has 0 radical (unpaired) electrons. The molecule has 0 aliphatic carbocycles. The number of amides is 1. The summed E-state index contributed by atoms with van der Waals surface area (Å²) in [6, 6.07) is 7.09. The van der Waals surface area contributed by atoms with E-state index in [0.29, 0.717) is 37.6 Å². The Hall–Kier alpha value is -1.75. The predicted molar refractivity (Wildman–Crippen MR) is 79.7 cm³/mol. The fourth-order valence-electron chi connectivity index (χ4n) is 1.67. The van der Waals surface area contributed by atoms with Gasteiger partial charge in [0, 0.05) is 18.8 Å². The van der Waals surface area contributed by atoms with Gasteiger partial charge in [-0.15, -0.1) is 0 Å². The summed E-state index contributed by atoms with van der Waals surface area (Å²) in [7, 11) is 0. The zero-order chi connectivity index (χ0) is 15.0. The lowest BCUT2D eigenvalue weighted by Crippen LogP contribution is -2.40. The van der Waals surface area contributed by atoms with E-state index >= 15 is 0 Å². The van der Waals surface area contributed by atoms with Gasteiger partial charge >= 0.3 is 0 Å². The van der Waals surface area contributed by atoms with Crippen molar-refractivity contribution in [1.82, 2.24) is 5.32 Å². The number of nitrogen functional groups attached to an aromatic ring is 1. The number of nitrogens with one attached hydrogen (secondary N) is 1. The maximum atomic E-state index is 11.7. The van der Waals surface area contributed by atoms with E-state index in [9.17, 15) is 4.79 Å². The van der Waals surface area contributed by atoms with E-state index in [1.54, 1.807) is 24.3 Å². The average molecular weight is 280 g/mol. The van der Waals surface area contributed by atoms with Crippen LogP contribution in [-0.2, 0) is 9.53 Å². The van der Waals surface area contributed by atoms with Gasteiger partial charge in [0.05, 0.1) is 18.6 Å². The Bertz CT molecular complexity index is 416. The second kappa shape index (κ2) is 7.75. The highest BCUT2D eigenvalue weighted by molar-refractivity contribution is 5.76. The SMILES string of the molecule is CCOC(C)(C)CNC(=O)CCOc1ccc(N)cc1. The van der Waals surface area contributed by atoms with Crippen molar-refractivity contribution in [3.8, 4) is 5.75 Å². The van der Waals surface area contributed by atoms with Gasteiger partial charge in [-0.1, -0.05) is 0 Å². The van der Waals surface area contributed by atoms with Crippen molar-refractivity contribution < 1.29 is 14.3 Å². The molecular weight excluding hydrogens is 256 g/mol. The van der Waals surface area contributed by atoms with Crippen molar-refractivity contribution in [3.63, 3.8) is 0 Å². The van der Waals surface area contributed by atoms with Crippen molar-refractivity contribution in [1.29, 1.82) is 0 Å². The summed E-state index contributed by atoms with van der Waals surface area (Å²) < 4.78 is 11.0. The first kappa shape index (κ1) is 16.3. The van der Waals surface area contributed by atoms with Gasteiger partial charge in [0.15, 0.2) is 0 Å². The summed E-state index contributed by atoms with van der Waals surface area (Å²) in [5.74, 6) is 0.662. The molecule has 1 aromatic carbocycles. The largest absolute Gasteiger partial charge is 0.493 e. The van der Waals surface area contributed by atoms with Crippen molar-refractivity contribution in [2.45, 2.75) is 32.8 Å². The zero-order valence-corrected chi connectivity index (χ0v) is 12.4. The molecule has 20 heavy (non-hydrogen) atoms. The number of ether oxygens (including phenoxy) is 2. The molecule has 1 rings (SSSR count). The maximum Gasteiger partial charge on any atom is 0.223 e. The molecule has 0 aliphatic heterocycles. The number of hydrogen-bond donors (Lipinski definition) is 2. The minimum Gasteiger partial charge on any atom is -0.493 e. The summed E-state index contributed by atoms with van der Waals surface area (Å²) in [4.78, 5) is 11.7. The smallest absolute Gasteiger partial charge is 0.223 e. The Morgan fingerprint density at radius 1 is 1.30 bits per heavy atom. The second-order valence-electron chi connectivity index (χ2n) is 5.14. The van der Waals surface area contributed by atoms with Gasteiger partial charge < -0.3 is 20.5 Å². The molecule has 1 aromatic rings. The molecule has 0 saturated carbocycles. The highest BCUT2D eigenvalue weighted by atomic mass is 16.5. The molecule has 0 spiro atoms. The summed E-state index contributed by atoms with van der Waals surface area (Å²) in [5.41, 5.74) is 5.92. The molecule has 0 heterocycles. The van der Waals surface area contributed by atoms with Gasteiger partial charge in [-0.25, -0.2) is 0 Å². The van der Waals surface area contributed by atoms with Crippen molar-refractivity contribution in [2.75, 3.05) is 25.5 Å². The Balaban J connectivity index is 2.22. The van der Waals surface area contributed by atoms with E-state index in [1.807, 2.05) is 20.8 Å². The lowest BCUT2D eigenvalue weighted by Gasteiger charge is -2.24. The molecule has 0 atom stereocenters. The van der Waals surface area contributed by atoms with Gasteiger partial charge in [0.2, 0.25) is 5.91 Å². The van der Waals surface area contributed by atoms with Gasteiger partial charge in [0.25, 0.3) is 0 Å². The molecule has 1 amide bonds. The van der Waals surface area contributed by atoms with Gasteiger partial charge in [0.1, 0.15) is 5.75 Å². The molecule has 3 N–H and O–H groups in total. The van der Waals surface area contributed by atoms with Gasteiger partial charge in [-0.2, -0.15) is 0 Å². The van der Waals surface area contributed by atoms with Crippen molar-refractivity contribution >= 4 is 11.6 Å². The van der Waals surface area contributed by atoms with E-state index in [0.717, 1.165) is 0 Å². The molecule has 0 saturated heterocycles. The molecule has 0 aliphatic rings. The van der Waals surface area contributed by atoms with E-state index < -0.39 is 0 Å². The molecular formula is C15H24N2O3. The van der Waals surface area contributed by atoms with Gasteiger partial charge in [-0.3, -0.25) is 4.79 Å². The molecule has 5 heteroatoms. The Morgan fingerprint density at radius 3 is 2.55 bits per heavy atom. The monoisotopic (exact) mass is 280 g/mol. The van der Waals surface area contributed by atoms with Crippen LogP contribution in [0.2, 0.25) is 0 Å². The molecule has 0 bridgehead atoms. The van der Waals surface area contributed by atoms with Gasteiger partial charge in [-0.05, 0) is 45.0 Å². The summed E-state index contributed by atoms with van der Waals surface area (Å²) in [6.07, 6.45) is 0.312. The van der Waals surface area contributed by atoms with E-state index in [4.69, 9.17) is 15.2 Å². The van der Waals surface area contributed by atoms with Crippen LogP contribution in [0.3, 0.4) is 0 Å². The minimum absolute atomic E-state index is 0.0479. The van der Waals surface area contributed by atoms with Crippen LogP contribution in [0.4, 0.5) is 5.69 Å². The fraction of sp³-hybridized carbons (Fsp3) is 0.533. The molecule has 0 aromatic heterocycles. The fourth-order valence-corrected chi connectivity index (χ4v) is 1.67. The normalized spacial score (nSPS) is 11.2. The average Bonchev–Trinajstić information content (AvgIpc) is 2.39. The van der Waals surface area contributed by atoms with Crippen molar-refractivity contribution in [3.05, 3.63) is 24.3 Å². The Kier molecular flexibility index (Phi) is 6.31. The lowest BCUT2D eigenvalue weighted by atomic mass is 10.1. The standard InChI is InChI=1S/C15H24N2O3/c1-4-20-15(2,3)11-17-14(18)9-10-19-13-7-5-12(16)6-8-13/h5-8H,4,9-11,16H2,1-3H3,(H,17,18). The molecule has 0 unspecified atom stereocenters. The van der Waals surface area contributed by atoms with Crippen LogP contribution in [0.15, 0.2) is 24.3 Å². The number of anilines is 1. The van der Waals surface area contributed by atoms with E-state index in [1.165, 1.54) is 0 Å². The minimum atomic E-state index is -0.345. The topological polar surface area (TPSA) is 73.6 Å². The highest BCUT2D eigenvalue weighted by Gasteiger charge is 2.18. The quantitative estimate of drug-likeness (QED) is 0.714. The number of carbonyl (C=O) groups is 1. The third-order valence-electron chi connectivity index (χ3n) is 2.72. The molecule has 0 fully saturated rings. The summed E-state index contributed by atoms with van der Waals surface area (Å²) in [6.45, 7) is 7.28. The lowest BCUT2D eigenvalue weighted by molar-refractivity contribution is -0.123. The van der Waals surface area contributed by atoms with Crippen LogP contribution >= 0.6 is 0 Å². The third-order valence-corrected chi connectivity index (χ3v) is 2.72. The number of hydrogen-bond acceptors (Lipinski definition) is 4. The Morgan fingerprint density at radius 2 is 1.95 bits per heavy atom. The van der Waals surface area contributed by atoms with Crippen LogP contribution in [-0.4, -0.2) is 31.3 Å². The van der Waals surface area contributed by atoms with E-state index in [2.05, 4.69) is 5.32 Å². The number of rotatable bonds is 8. The summed E-state index contributed by atoms with van der Waals surface area (Å²) >= 11 is 0. The zero-order valence-electron chi connectivity index (χ0n) is 12.4. The first-order valence-electron chi connectivity index (χ1n) is 6.82. The first-order chi connectivity index (χ1) is 9.43. The first-order valence-corrected chi connectivity index (χ1v) is 6.82. The van der Waals surface area contributed by atoms with Crippen LogP contribution in [0.1, 0.15) is 27.2 Å². The van der Waals surface area contributed by atoms with Crippen LogP contribution in [0.5, 0.6) is 5.75 Å². The predicted octanol–water partition coefficient (Wildman–Crippen LogP) is 1.97. The molecule has 5 nitrogen and oxygen atoms in total. The molecule has 112 valence electrons. The van der Waals surface area contributed by atoms with E-state index in [-0.39, 0.29) is 11.5 Å². The second-order valence-corrected chi connectivity index (χ2v) is 5.14. The van der Waals surface area contributed by atoms with Crippen LogP contribution in [0, 0.1) is 0 Å². The maximum absolute atomic E-state index is 11.7. The number of carbonyl (C=O) groups excluding carboxylic acids is 1. The van der Waals surface area contributed by atoms with Crippen LogP contribution in [0.25, 0.3) is 0 Å². The highest BCUT2D eigenvalue weighted by Crippen LogP contribution is 2.13. The Labute approximate surface area is 120 Å².